The van der Waals surface area contributed by atoms with Gasteiger partial charge in [0.1, 0.15) is 6.04 Å². The highest BCUT2D eigenvalue weighted by Crippen LogP contribution is 2.11. The number of carboxylic acid groups (broad SMARTS) is 2. The van der Waals surface area contributed by atoms with Crippen molar-refractivity contribution < 1.29 is 24.6 Å². The lowest BCUT2D eigenvalue weighted by Gasteiger charge is -2.37. The minimum absolute atomic E-state index is 0.00139. The van der Waals surface area contributed by atoms with E-state index in [-0.39, 0.29) is 25.6 Å². The van der Waals surface area contributed by atoms with Gasteiger partial charge in [0.2, 0.25) is 5.91 Å². The summed E-state index contributed by atoms with van der Waals surface area (Å²) in [5, 5.41) is 20.6. The van der Waals surface area contributed by atoms with Gasteiger partial charge in [-0.15, -0.1) is 0 Å². The zero-order chi connectivity index (χ0) is 14.6. The Balaban J connectivity index is 2.73. The molecular weight excluding hydrogens is 254 g/mol. The summed E-state index contributed by atoms with van der Waals surface area (Å²) in [6.07, 6.45) is -2.36. The van der Waals surface area contributed by atoms with Crippen LogP contribution >= 0.6 is 0 Å². The van der Waals surface area contributed by atoms with Gasteiger partial charge < -0.3 is 20.4 Å². The first-order valence-corrected chi connectivity index (χ1v) is 6.08. The molecule has 1 atom stereocenters. The van der Waals surface area contributed by atoms with Crippen molar-refractivity contribution in [3.8, 4) is 0 Å². The molecule has 0 unspecified atom stereocenters. The van der Waals surface area contributed by atoms with Gasteiger partial charge in [-0.2, -0.15) is 0 Å². The van der Waals surface area contributed by atoms with Crippen LogP contribution in [0, 0.1) is 5.92 Å². The molecular formula is C11H19N3O5. The Morgan fingerprint density at radius 3 is 2.32 bits per heavy atom. The number of hydrogen-bond donors (Lipinski definition) is 3. The molecule has 3 amide bonds. The fraction of sp³-hybridized carbons (Fsp3) is 0.727. The van der Waals surface area contributed by atoms with Gasteiger partial charge in [0.25, 0.3) is 0 Å². The topological polar surface area (TPSA) is 110 Å². The van der Waals surface area contributed by atoms with Gasteiger partial charge in [-0.1, -0.05) is 13.8 Å². The third-order valence-electron chi connectivity index (χ3n) is 2.88. The molecule has 0 aromatic carbocycles. The van der Waals surface area contributed by atoms with Gasteiger partial charge in [0.15, 0.2) is 0 Å². The molecule has 0 spiro atoms. The lowest BCUT2D eigenvalue weighted by Crippen LogP contribution is -2.61. The standard InChI is InChI=1S/C11H19N3O5/c1-7(2)5-12-9(15)8-6-13(10(16)17)3-4-14(8)11(18)19/h7-8H,3-6H2,1-2H3,(H,12,15)(H,16,17)(H,18,19)/t8-/m1/s1. The van der Waals surface area contributed by atoms with Crippen molar-refractivity contribution in [2.24, 2.45) is 5.92 Å². The Hall–Kier alpha value is -1.99. The Labute approximate surface area is 111 Å². The predicted octanol–water partition coefficient (Wildman–Crippen LogP) is 0.101. The maximum atomic E-state index is 11.9. The zero-order valence-electron chi connectivity index (χ0n) is 11.0. The number of carbonyl (C=O) groups excluding carboxylic acids is 1. The molecule has 0 aromatic rings. The number of piperazine rings is 1. The van der Waals surface area contributed by atoms with Gasteiger partial charge in [-0.3, -0.25) is 9.69 Å². The van der Waals surface area contributed by atoms with Gasteiger partial charge in [-0.25, -0.2) is 9.59 Å². The smallest absolute Gasteiger partial charge is 0.408 e. The molecule has 1 rings (SSSR count). The lowest BCUT2D eigenvalue weighted by atomic mass is 10.1. The van der Waals surface area contributed by atoms with E-state index in [1.54, 1.807) is 0 Å². The lowest BCUT2D eigenvalue weighted by molar-refractivity contribution is -0.127. The van der Waals surface area contributed by atoms with E-state index in [0.29, 0.717) is 6.54 Å². The highest BCUT2D eigenvalue weighted by molar-refractivity contribution is 5.86. The van der Waals surface area contributed by atoms with E-state index < -0.39 is 24.1 Å². The van der Waals surface area contributed by atoms with Gasteiger partial charge in [0.05, 0.1) is 6.54 Å². The van der Waals surface area contributed by atoms with Crippen LogP contribution in [-0.2, 0) is 4.79 Å². The second-order valence-corrected chi connectivity index (χ2v) is 4.86. The van der Waals surface area contributed by atoms with Crippen molar-refractivity contribution in [2.45, 2.75) is 19.9 Å². The summed E-state index contributed by atoms with van der Waals surface area (Å²) in [4.78, 5) is 35.9. The molecule has 3 N–H and O–H groups in total. The van der Waals surface area contributed by atoms with Crippen LogP contribution in [0.4, 0.5) is 9.59 Å². The first-order chi connectivity index (χ1) is 8.82. The molecule has 108 valence electrons. The molecule has 1 aliphatic heterocycles. The molecule has 19 heavy (non-hydrogen) atoms. The third-order valence-corrected chi connectivity index (χ3v) is 2.88. The second kappa shape index (κ2) is 6.26. The number of amides is 3. The predicted molar refractivity (Wildman–Crippen MR) is 66.0 cm³/mol. The van der Waals surface area contributed by atoms with E-state index in [0.717, 1.165) is 9.80 Å². The van der Waals surface area contributed by atoms with Crippen LogP contribution in [-0.4, -0.2) is 70.3 Å². The second-order valence-electron chi connectivity index (χ2n) is 4.86. The molecule has 8 heteroatoms. The first kappa shape index (κ1) is 15.1. The fourth-order valence-electron chi connectivity index (χ4n) is 1.83. The summed E-state index contributed by atoms with van der Waals surface area (Å²) in [5.74, 6) is -0.219. The Kier molecular flexibility index (Phi) is 4.96. The van der Waals surface area contributed by atoms with E-state index in [2.05, 4.69) is 5.32 Å². The molecule has 1 heterocycles. The molecule has 0 radical (unpaired) electrons. The molecule has 0 aliphatic carbocycles. The molecule has 1 aliphatic rings. The number of nitrogens with one attached hydrogen (secondary N) is 1. The van der Waals surface area contributed by atoms with Crippen LogP contribution in [0.25, 0.3) is 0 Å². The highest BCUT2D eigenvalue weighted by Gasteiger charge is 2.36. The average molecular weight is 273 g/mol. The molecule has 0 saturated carbocycles. The number of hydrogen-bond acceptors (Lipinski definition) is 3. The van der Waals surface area contributed by atoms with Gasteiger partial charge in [-0.05, 0) is 5.92 Å². The van der Waals surface area contributed by atoms with Crippen LogP contribution in [0.15, 0.2) is 0 Å². The summed E-state index contributed by atoms with van der Waals surface area (Å²) < 4.78 is 0. The van der Waals surface area contributed by atoms with Gasteiger partial charge >= 0.3 is 12.2 Å². The summed E-state index contributed by atoms with van der Waals surface area (Å²) in [7, 11) is 0. The number of rotatable bonds is 3. The quantitative estimate of drug-likeness (QED) is 0.675. The van der Waals surface area contributed by atoms with Crippen molar-refractivity contribution in [1.29, 1.82) is 0 Å². The first-order valence-electron chi connectivity index (χ1n) is 6.08. The maximum absolute atomic E-state index is 11.9. The fourth-order valence-corrected chi connectivity index (χ4v) is 1.83. The van der Waals surface area contributed by atoms with Crippen molar-refractivity contribution in [3.05, 3.63) is 0 Å². The highest BCUT2D eigenvalue weighted by atomic mass is 16.4. The summed E-state index contributed by atoms with van der Waals surface area (Å²) in [5.41, 5.74) is 0. The summed E-state index contributed by atoms with van der Waals surface area (Å²) >= 11 is 0. The SMILES string of the molecule is CC(C)CNC(=O)[C@H]1CN(C(=O)O)CCN1C(=O)O. The van der Waals surface area contributed by atoms with Crippen molar-refractivity contribution in [3.63, 3.8) is 0 Å². The van der Waals surface area contributed by atoms with Crippen LogP contribution < -0.4 is 5.32 Å². The van der Waals surface area contributed by atoms with E-state index >= 15 is 0 Å². The molecule has 1 fully saturated rings. The van der Waals surface area contributed by atoms with Crippen LogP contribution in [0.1, 0.15) is 13.8 Å². The molecule has 0 bridgehead atoms. The van der Waals surface area contributed by atoms with Crippen molar-refractivity contribution in [2.75, 3.05) is 26.2 Å². The van der Waals surface area contributed by atoms with Crippen LogP contribution in [0.2, 0.25) is 0 Å². The van der Waals surface area contributed by atoms with Gasteiger partial charge in [0, 0.05) is 19.6 Å². The monoisotopic (exact) mass is 273 g/mol. The summed E-state index contributed by atoms with van der Waals surface area (Å²) in [6.45, 7) is 4.21. The minimum atomic E-state index is -1.21. The molecule has 8 nitrogen and oxygen atoms in total. The maximum Gasteiger partial charge on any atom is 0.408 e. The van der Waals surface area contributed by atoms with Crippen molar-refractivity contribution in [1.82, 2.24) is 15.1 Å². The Morgan fingerprint density at radius 2 is 1.84 bits per heavy atom. The number of carbonyl (C=O) groups is 3. The van der Waals surface area contributed by atoms with E-state index in [1.165, 1.54) is 0 Å². The van der Waals surface area contributed by atoms with E-state index in [4.69, 9.17) is 10.2 Å². The third kappa shape index (κ3) is 4.01. The molecule has 1 saturated heterocycles. The van der Waals surface area contributed by atoms with Crippen molar-refractivity contribution >= 4 is 18.1 Å². The van der Waals surface area contributed by atoms with Crippen LogP contribution in [0.5, 0.6) is 0 Å². The Morgan fingerprint density at radius 1 is 1.21 bits per heavy atom. The number of nitrogens with zero attached hydrogens (tertiary/aromatic N) is 2. The molecule has 0 aromatic heterocycles. The normalized spacial score (nSPS) is 19.4. The average Bonchev–Trinajstić information content (AvgIpc) is 2.34. The zero-order valence-corrected chi connectivity index (χ0v) is 11.0. The van der Waals surface area contributed by atoms with Crippen LogP contribution in [0.3, 0.4) is 0 Å². The minimum Gasteiger partial charge on any atom is -0.465 e. The van der Waals surface area contributed by atoms with E-state index in [9.17, 15) is 14.4 Å². The summed E-state index contributed by atoms with van der Waals surface area (Å²) in [6, 6.07) is -0.985. The Bertz CT molecular complexity index is 371. The largest absolute Gasteiger partial charge is 0.465 e. The van der Waals surface area contributed by atoms with E-state index in [1.807, 2.05) is 13.8 Å².